The van der Waals surface area contributed by atoms with Crippen LogP contribution in [0.5, 0.6) is 5.75 Å². The molecule has 3 heteroatoms. The van der Waals surface area contributed by atoms with Crippen molar-refractivity contribution in [2.45, 2.75) is 31.6 Å². The summed E-state index contributed by atoms with van der Waals surface area (Å²) in [5.41, 5.74) is 2.03. The van der Waals surface area contributed by atoms with E-state index in [9.17, 15) is 4.79 Å². The average Bonchev–Trinajstić information content (AvgIpc) is 2.97. The lowest BCUT2D eigenvalue weighted by Crippen LogP contribution is -2.15. The Hall–Kier alpha value is -1.51. The molecular formula is C13H16O3. The monoisotopic (exact) mass is 220 g/mol. The fourth-order valence-corrected chi connectivity index (χ4v) is 2.45. The number of carboxylic acids is 1. The summed E-state index contributed by atoms with van der Waals surface area (Å²) in [5.74, 6) is 0.0848. The van der Waals surface area contributed by atoms with Gasteiger partial charge in [0, 0.05) is 11.0 Å². The maximum Gasteiger partial charge on any atom is 0.304 e. The van der Waals surface area contributed by atoms with Gasteiger partial charge >= 0.3 is 5.97 Å². The smallest absolute Gasteiger partial charge is 0.304 e. The van der Waals surface area contributed by atoms with Crippen LogP contribution in [0.15, 0.2) is 18.2 Å². The number of methoxy groups -OCH3 is 1. The van der Waals surface area contributed by atoms with Crippen LogP contribution in [0.4, 0.5) is 0 Å². The van der Waals surface area contributed by atoms with Crippen molar-refractivity contribution in [3.05, 3.63) is 29.3 Å². The van der Waals surface area contributed by atoms with Gasteiger partial charge in [0.05, 0.1) is 13.5 Å². The molecule has 0 aromatic heterocycles. The first-order valence-corrected chi connectivity index (χ1v) is 5.45. The van der Waals surface area contributed by atoms with Gasteiger partial charge in [-0.25, -0.2) is 0 Å². The number of carboxylic acid groups (broad SMARTS) is 1. The van der Waals surface area contributed by atoms with Crippen LogP contribution in [0.3, 0.4) is 0 Å². The number of carbonyl (C=O) groups is 1. The molecule has 1 aliphatic rings. The van der Waals surface area contributed by atoms with E-state index in [4.69, 9.17) is 9.84 Å². The van der Waals surface area contributed by atoms with Crippen molar-refractivity contribution in [2.75, 3.05) is 7.11 Å². The van der Waals surface area contributed by atoms with E-state index in [0.29, 0.717) is 0 Å². The van der Waals surface area contributed by atoms with Crippen molar-refractivity contribution in [3.8, 4) is 5.75 Å². The predicted octanol–water partition coefficient (Wildman–Crippen LogP) is 2.51. The van der Waals surface area contributed by atoms with E-state index in [2.05, 4.69) is 0 Å². The third-order valence-electron chi connectivity index (χ3n) is 3.33. The molecule has 1 saturated carbocycles. The molecule has 0 radical (unpaired) electrons. The summed E-state index contributed by atoms with van der Waals surface area (Å²) in [5, 5.41) is 8.96. The van der Waals surface area contributed by atoms with Gasteiger partial charge in [-0.1, -0.05) is 12.1 Å². The summed E-state index contributed by atoms with van der Waals surface area (Å²) in [6.45, 7) is 2.01. The van der Waals surface area contributed by atoms with E-state index in [1.807, 2.05) is 25.1 Å². The van der Waals surface area contributed by atoms with E-state index in [0.717, 1.165) is 29.7 Å². The molecule has 0 saturated heterocycles. The number of hydrogen-bond donors (Lipinski definition) is 1. The van der Waals surface area contributed by atoms with E-state index >= 15 is 0 Å². The highest BCUT2D eigenvalue weighted by Gasteiger charge is 2.48. The summed E-state index contributed by atoms with van der Waals surface area (Å²) in [6.07, 6.45) is 2.09. The Balaban J connectivity index is 2.43. The van der Waals surface area contributed by atoms with Gasteiger partial charge in [0.2, 0.25) is 0 Å². The van der Waals surface area contributed by atoms with Crippen molar-refractivity contribution in [2.24, 2.45) is 0 Å². The third kappa shape index (κ3) is 1.77. The Morgan fingerprint density at radius 2 is 2.19 bits per heavy atom. The predicted molar refractivity (Wildman–Crippen MR) is 60.9 cm³/mol. The van der Waals surface area contributed by atoms with Crippen LogP contribution < -0.4 is 4.74 Å². The molecule has 0 heterocycles. The van der Waals surface area contributed by atoms with Crippen molar-refractivity contribution >= 4 is 5.97 Å². The van der Waals surface area contributed by atoms with E-state index in [1.54, 1.807) is 7.11 Å². The summed E-state index contributed by atoms with van der Waals surface area (Å²) >= 11 is 0. The summed E-state index contributed by atoms with van der Waals surface area (Å²) < 4.78 is 5.34. The van der Waals surface area contributed by atoms with Gasteiger partial charge in [0.15, 0.2) is 0 Å². The molecular weight excluding hydrogens is 204 g/mol. The highest BCUT2D eigenvalue weighted by molar-refractivity contribution is 5.71. The standard InChI is InChI=1S/C13H16O3/c1-9-4-3-5-10(16-2)12(9)13(6-7-13)8-11(14)15/h3-5H,6-8H2,1-2H3,(H,14,15). The Bertz CT molecular complexity index is 419. The average molecular weight is 220 g/mol. The van der Waals surface area contributed by atoms with Crippen LogP contribution in [-0.2, 0) is 10.2 Å². The van der Waals surface area contributed by atoms with Crippen LogP contribution in [0, 0.1) is 6.92 Å². The number of rotatable bonds is 4. The summed E-state index contributed by atoms with van der Waals surface area (Å²) in [4.78, 5) is 10.9. The third-order valence-corrected chi connectivity index (χ3v) is 3.33. The SMILES string of the molecule is COc1cccc(C)c1C1(CC(=O)O)CC1. The minimum absolute atomic E-state index is 0.178. The minimum atomic E-state index is -0.734. The molecule has 16 heavy (non-hydrogen) atoms. The first kappa shape index (κ1) is 11.0. The first-order chi connectivity index (χ1) is 7.59. The highest BCUT2D eigenvalue weighted by atomic mass is 16.5. The zero-order valence-electron chi connectivity index (χ0n) is 9.62. The Kier molecular flexibility index (Phi) is 2.62. The Morgan fingerprint density at radius 3 is 2.69 bits per heavy atom. The van der Waals surface area contributed by atoms with Gasteiger partial charge in [-0.15, -0.1) is 0 Å². The van der Waals surface area contributed by atoms with Gasteiger partial charge in [0.1, 0.15) is 5.75 Å². The van der Waals surface area contributed by atoms with Crippen molar-refractivity contribution in [1.29, 1.82) is 0 Å². The first-order valence-electron chi connectivity index (χ1n) is 5.45. The Morgan fingerprint density at radius 1 is 1.50 bits per heavy atom. The van der Waals surface area contributed by atoms with Gasteiger partial charge < -0.3 is 9.84 Å². The fraction of sp³-hybridized carbons (Fsp3) is 0.462. The van der Waals surface area contributed by atoms with Crippen molar-refractivity contribution < 1.29 is 14.6 Å². The van der Waals surface area contributed by atoms with Crippen LogP contribution in [0.2, 0.25) is 0 Å². The van der Waals surface area contributed by atoms with E-state index < -0.39 is 5.97 Å². The fourth-order valence-electron chi connectivity index (χ4n) is 2.45. The second-order valence-electron chi connectivity index (χ2n) is 4.50. The largest absolute Gasteiger partial charge is 0.496 e. The number of benzene rings is 1. The lowest BCUT2D eigenvalue weighted by atomic mass is 9.88. The minimum Gasteiger partial charge on any atom is -0.496 e. The molecule has 0 bridgehead atoms. The van der Waals surface area contributed by atoms with Crippen LogP contribution in [0.25, 0.3) is 0 Å². The maximum absolute atomic E-state index is 10.9. The molecule has 1 fully saturated rings. The van der Waals surface area contributed by atoms with Crippen LogP contribution >= 0.6 is 0 Å². The molecule has 86 valence electrons. The van der Waals surface area contributed by atoms with Gasteiger partial charge in [-0.2, -0.15) is 0 Å². The van der Waals surface area contributed by atoms with Crippen LogP contribution in [0.1, 0.15) is 30.4 Å². The second kappa shape index (κ2) is 3.81. The van der Waals surface area contributed by atoms with E-state index in [-0.39, 0.29) is 11.8 Å². The number of ether oxygens (including phenoxy) is 1. The van der Waals surface area contributed by atoms with Crippen molar-refractivity contribution in [1.82, 2.24) is 0 Å². The Labute approximate surface area is 95.0 Å². The molecule has 1 aliphatic carbocycles. The summed E-state index contributed by atoms with van der Waals surface area (Å²) in [6, 6.07) is 5.86. The molecule has 0 amide bonds. The zero-order valence-corrected chi connectivity index (χ0v) is 9.62. The van der Waals surface area contributed by atoms with Crippen molar-refractivity contribution in [3.63, 3.8) is 0 Å². The highest BCUT2D eigenvalue weighted by Crippen LogP contribution is 2.54. The molecule has 1 N–H and O–H groups in total. The van der Waals surface area contributed by atoms with Gasteiger partial charge in [-0.05, 0) is 31.4 Å². The molecule has 1 aromatic rings. The zero-order chi connectivity index (χ0) is 11.8. The molecule has 1 aromatic carbocycles. The van der Waals surface area contributed by atoms with Gasteiger partial charge in [-0.3, -0.25) is 4.79 Å². The molecule has 0 atom stereocenters. The molecule has 0 aliphatic heterocycles. The lowest BCUT2D eigenvalue weighted by Gasteiger charge is -2.19. The number of aryl methyl sites for hydroxylation is 1. The lowest BCUT2D eigenvalue weighted by molar-refractivity contribution is -0.137. The normalized spacial score (nSPS) is 16.9. The molecule has 0 unspecified atom stereocenters. The van der Waals surface area contributed by atoms with E-state index in [1.165, 1.54) is 0 Å². The quantitative estimate of drug-likeness (QED) is 0.848. The topological polar surface area (TPSA) is 46.5 Å². The van der Waals surface area contributed by atoms with Crippen LogP contribution in [-0.4, -0.2) is 18.2 Å². The summed E-state index contributed by atoms with van der Waals surface area (Å²) in [7, 11) is 1.63. The molecule has 2 rings (SSSR count). The van der Waals surface area contributed by atoms with Gasteiger partial charge in [0.25, 0.3) is 0 Å². The number of hydrogen-bond acceptors (Lipinski definition) is 2. The molecule has 3 nitrogen and oxygen atoms in total. The molecule has 0 spiro atoms. The second-order valence-corrected chi connectivity index (χ2v) is 4.50. The maximum atomic E-state index is 10.9. The number of aliphatic carboxylic acids is 1.